The summed E-state index contributed by atoms with van der Waals surface area (Å²) in [6.07, 6.45) is 2.29. The quantitative estimate of drug-likeness (QED) is 0.204. The van der Waals surface area contributed by atoms with Crippen LogP contribution in [0.1, 0.15) is 53.5 Å². The van der Waals surface area contributed by atoms with E-state index in [1.807, 2.05) is 19.9 Å². The number of carbonyl (C=O) groups is 1. The van der Waals surface area contributed by atoms with Crippen LogP contribution in [0.3, 0.4) is 0 Å². The van der Waals surface area contributed by atoms with Crippen LogP contribution in [0.15, 0.2) is 73.4 Å². The van der Waals surface area contributed by atoms with Gasteiger partial charge in [-0.25, -0.2) is 9.78 Å². The minimum Gasteiger partial charge on any atom is -0.487 e. The lowest BCUT2D eigenvalue weighted by Gasteiger charge is -2.15. The minimum atomic E-state index is -1.01. The summed E-state index contributed by atoms with van der Waals surface area (Å²) in [6.45, 7) is 4.14. The molecule has 37 heavy (non-hydrogen) atoms. The van der Waals surface area contributed by atoms with Gasteiger partial charge in [0.2, 0.25) is 0 Å². The third kappa shape index (κ3) is 6.11. The molecule has 1 aromatic heterocycles. The Hall–Kier alpha value is -3.01. The Labute approximate surface area is 235 Å². The van der Waals surface area contributed by atoms with Crippen LogP contribution >= 0.6 is 43.5 Å². The Morgan fingerprint density at radius 3 is 2.73 bits per heavy atom. The van der Waals surface area contributed by atoms with E-state index in [0.717, 1.165) is 10.9 Å². The average molecular weight is 648 g/mol. The van der Waals surface area contributed by atoms with Gasteiger partial charge < -0.3 is 9.84 Å². The second-order valence-electron chi connectivity index (χ2n) is 8.40. The van der Waals surface area contributed by atoms with E-state index in [2.05, 4.69) is 37.0 Å². The summed E-state index contributed by atoms with van der Waals surface area (Å²) in [6, 6.07) is 15.3. The van der Waals surface area contributed by atoms with Crippen molar-refractivity contribution in [2.45, 2.75) is 32.8 Å². The Morgan fingerprint density at radius 2 is 2.00 bits per heavy atom. The van der Waals surface area contributed by atoms with Gasteiger partial charge in [-0.2, -0.15) is 9.78 Å². The van der Waals surface area contributed by atoms with Crippen LogP contribution in [-0.2, 0) is 6.61 Å². The summed E-state index contributed by atoms with van der Waals surface area (Å²) in [5.74, 6) is -0.0294. The number of carboxylic acids is 1. The summed E-state index contributed by atoms with van der Waals surface area (Å²) in [7, 11) is 0. The first kappa shape index (κ1) is 27.0. The summed E-state index contributed by atoms with van der Waals surface area (Å²) >= 11 is 13.2. The molecule has 0 saturated heterocycles. The highest BCUT2D eigenvalue weighted by Gasteiger charge is 2.17. The molecule has 0 unspecified atom stereocenters. The number of hydrogen-bond acceptors (Lipinski definition) is 5. The number of aromatic carboxylic acids is 1. The van der Waals surface area contributed by atoms with Crippen molar-refractivity contribution in [3.05, 3.63) is 101 Å². The van der Waals surface area contributed by atoms with E-state index in [4.69, 9.17) is 21.3 Å². The van der Waals surface area contributed by atoms with Crippen LogP contribution in [0.25, 0.3) is 10.9 Å². The second kappa shape index (κ2) is 11.6. The van der Waals surface area contributed by atoms with Gasteiger partial charge in [-0.15, -0.1) is 0 Å². The molecule has 1 atom stereocenters. The number of ether oxygens (including phenoxy) is 1. The van der Waals surface area contributed by atoms with Gasteiger partial charge in [-0.05, 0) is 70.4 Å². The predicted molar refractivity (Wildman–Crippen MR) is 152 cm³/mol. The summed E-state index contributed by atoms with van der Waals surface area (Å²) in [5.41, 5.74) is 1.71. The fourth-order valence-electron chi connectivity index (χ4n) is 3.68. The maximum absolute atomic E-state index is 13.4. The lowest BCUT2D eigenvalue weighted by Crippen LogP contribution is -2.23. The van der Waals surface area contributed by atoms with Gasteiger partial charge in [0.05, 0.1) is 27.2 Å². The number of halogens is 3. The summed E-state index contributed by atoms with van der Waals surface area (Å²) in [4.78, 5) is 29.5. The summed E-state index contributed by atoms with van der Waals surface area (Å²) in [5, 5.41) is 14.7. The zero-order valence-corrected chi connectivity index (χ0v) is 23.8. The highest BCUT2D eigenvalue weighted by atomic mass is 79.9. The van der Waals surface area contributed by atoms with E-state index in [9.17, 15) is 14.7 Å². The lowest BCUT2D eigenvalue weighted by atomic mass is 10.1. The van der Waals surface area contributed by atoms with Gasteiger partial charge >= 0.3 is 5.97 Å². The van der Waals surface area contributed by atoms with Crippen molar-refractivity contribution in [1.29, 1.82) is 0 Å². The number of benzene rings is 3. The summed E-state index contributed by atoms with van der Waals surface area (Å²) < 4.78 is 8.72. The highest BCUT2D eigenvalue weighted by molar-refractivity contribution is 9.10. The first-order valence-electron chi connectivity index (χ1n) is 11.4. The molecular weight excluding hydrogens is 626 g/mol. The molecule has 0 radical (unpaired) electrons. The van der Waals surface area contributed by atoms with E-state index in [1.165, 1.54) is 17.0 Å². The Bertz CT molecular complexity index is 1590. The van der Waals surface area contributed by atoms with Crippen molar-refractivity contribution < 1.29 is 14.6 Å². The minimum absolute atomic E-state index is 0.0128. The molecule has 0 fully saturated rings. The van der Waals surface area contributed by atoms with Gasteiger partial charge in [-0.3, -0.25) is 4.79 Å². The van der Waals surface area contributed by atoms with Crippen molar-refractivity contribution in [3.8, 4) is 5.75 Å². The molecule has 0 aliphatic rings. The third-order valence-electron chi connectivity index (χ3n) is 5.79. The Balaban J connectivity index is 1.76. The normalized spacial score (nSPS) is 12.2. The molecule has 0 amide bonds. The number of fused-ring (bicyclic) bond motifs is 1. The maximum Gasteiger partial charge on any atom is 0.335 e. The average Bonchev–Trinajstić information content (AvgIpc) is 2.87. The van der Waals surface area contributed by atoms with Gasteiger partial charge in [-0.1, -0.05) is 53.5 Å². The van der Waals surface area contributed by atoms with Crippen LogP contribution < -0.4 is 10.3 Å². The lowest BCUT2D eigenvalue weighted by molar-refractivity contribution is 0.0696. The topological polar surface area (TPSA) is 93.8 Å². The molecule has 0 saturated carbocycles. The molecule has 1 N–H and O–H groups in total. The van der Waals surface area contributed by atoms with Crippen molar-refractivity contribution in [2.24, 2.45) is 5.10 Å². The van der Waals surface area contributed by atoms with Crippen LogP contribution in [0.2, 0.25) is 5.02 Å². The molecule has 3 aromatic carbocycles. The fraction of sp³-hybridized carbons (Fsp3) is 0.185. The number of hydrogen-bond donors (Lipinski definition) is 1. The Kier molecular flexibility index (Phi) is 8.46. The number of carboxylic acid groups (broad SMARTS) is 1. The largest absolute Gasteiger partial charge is 0.487 e. The van der Waals surface area contributed by atoms with E-state index in [-0.39, 0.29) is 23.6 Å². The molecule has 10 heteroatoms. The van der Waals surface area contributed by atoms with Crippen molar-refractivity contribution >= 4 is 66.5 Å². The van der Waals surface area contributed by atoms with E-state index >= 15 is 0 Å². The number of nitrogens with zero attached hydrogens (tertiary/aromatic N) is 3. The molecule has 190 valence electrons. The molecule has 4 aromatic rings. The van der Waals surface area contributed by atoms with Gasteiger partial charge in [0.25, 0.3) is 5.56 Å². The molecule has 7 nitrogen and oxygen atoms in total. The maximum atomic E-state index is 13.4. The molecule has 0 aliphatic heterocycles. The zero-order chi connectivity index (χ0) is 26.7. The van der Waals surface area contributed by atoms with Crippen molar-refractivity contribution in [3.63, 3.8) is 0 Å². The van der Waals surface area contributed by atoms with Gasteiger partial charge in [0.1, 0.15) is 18.2 Å². The van der Waals surface area contributed by atoms with Crippen LogP contribution in [0, 0.1) is 0 Å². The SMILES string of the molecule is CC[C@@H](C)c1nc2ccc(Br)cc2c(=O)n1N=Cc1cc(Cl)cc(Br)c1OCc1cccc(C(=O)O)c1. The molecule has 0 bridgehead atoms. The first-order valence-corrected chi connectivity index (χ1v) is 13.3. The zero-order valence-electron chi connectivity index (χ0n) is 19.9. The van der Waals surface area contributed by atoms with E-state index in [0.29, 0.717) is 43.1 Å². The molecule has 0 aliphatic carbocycles. The smallest absolute Gasteiger partial charge is 0.335 e. The molecule has 4 rings (SSSR count). The second-order valence-corrected chi connectivity index (χ2v) is 10.6. The predicted octanol–water partition coefficient (Wildman–Crippen LogP) is 7.25. The monoisotopic (exact) mass is 645 g/mol. The molecule has 0 spiro atoms. The van der Waals surface area contributed by atoms with Crippen LogP contribution in [0.5, 0.6) is 5.75 Å². The van der Waals surface area contributed by atoms with Gasteiger partial charge in [0, 0.05) is 21.0 Å². The first-order chi connectivity index (χ1) is 17.7. The fourth-order valence-corrected chi connectivity index (χ4v) is 4.99. The number of rotatable bonds is 8. The van der Waals surface area contributed by atoms with E-state index in [1.54, 1.807) is 42.5 Å². The van der Waals surface area contributed by atoms with Crippen LogP contribution in [-0.4, -0.2) is 27.0 Å². The van der Waals surface area contributed by atoms with Crippen LogP contribution in [0.4, 0.5) is 0 Å². The Morgan fingerprint density at radius 1 is 1.22 bits per heavy atom. The number of aromatic nitrogens is 2. The van der Waals surface area contributed by atoms with Crippen molar-refractivity contribution in [2.75, 3.05) is 0 Å². The standard InChI is InChI=1S/C27H22Br2ClN3O4/c1-3-15(2)25-32-23-8-7-19(28)11-21(23)26(34)33(25)31-13-18-10-20(30)12-22(29)24(18)37-14-16-5-4-6-17(9-16)27(35)36/h4-13,15H,3,14H2,1-2H3,(H,35,36)/t15-/m1/s1. The van der Waals surface area contributed by atoms with Crippen molar-refractivity contribution in [1.82, 2.24) is 9.66 Å². The highest BCUT2D eigenvalue weighted by Crippen LogP contribution is 2.33. The van der Waals surface area contributed by atoms with Gasteiger partial charge in [0.15, 0.2) is 0 Å². The molecular formula is C27H22Br2ClN3O4. The van der Waals surface area contributed by atoms with E-state index < -0.39 is 5.97 Å². The third-order valence-corrected chi connectivity index (χ3v) is 7.09. The molecule has 1 heterocycles.